The molecule has 0 spiro atoms. The van der Waals surface area contributed by atoms with Crippen LogP contribution in [0.1, 0.15) is 67.7 Å². The molecule has 0 bridgehead atoms. The summed E-state index contributed by atoms with van der Waals surface area (Å²) in [6.45, 7) is 2.24. The number of halogens is 4. The van der Waals surface area contributed by atoms with Crippen molar-refractivity contribution in [2.24, 2.45) is 5.92 Å². The molecule has 0 amide bonds. The van der Waals surface area contributed by atoms with Gasteiger partial charge in [-0.3, -0.25) is 4.39 Å². The second kappa shape index (κ2) is 10.2. The van der Waals surface area contributed by atoms with Crippen LogP contribution in [0.15, 0.2) is 18.2 Å². The number of fused-ring (bicyclic) bond motifs is 2. The Kier molecular flexibility index (Phi) is 7.39. The summed E-state index contributed by atoms with van der Waals surface area (Å²) in [6, 6.07) is 5.20. The Bertz CT molecular complexity index is 952. The predicted octanol–water partition coefficient (Wildman–Crippen LogP) is 7.23. The van der Waals surface area contributed by atoms with Gasteiger partial charge in [-0.25, -0.2) is 8.78 Å². The molecule has 174 valence electrons. The Hall–Kier alpha value is -2.08. The maximum Gasteiger partial charge on any atom is 0.201 e. The van der Waals surface area contributed by atoms with Crippen LogP contribution in [0.3, 0.4) is 0 Å². The number of aryl methyl sites for hydroxylation is 2. The zero-order chi connectivity index (χ0) is 22.7. The number of ether oxygens (including phenoxy) is 2. The normalized spacial score (nSPS) is 19.9. The lowest BCUT2D eigenvalue weighted by molar-refractivity contribution is -0.0222. The molecule has 2 nitrogen and oxygen atoms in total. The first-order valence-electron chi connectivity index (χ1n) is 11.7. The smallest absolute Gasteiger partial charge is 0.201 e. The van der Waals surface area contributed by atoms with Gasteiger partial charge >= 0.3 is 0 Å². The second-order valence-corrected chi connectivity index (χ2v) is 8.98. The summed E-state index contributed by atoms with van der Waals surface area (Å²) in [5.74, 6) is -2.27. The third-order valence-corrected chi connectivity index (χ3v) is 6.62. The Balaban J connectivity index is 1.43. The molecule has 0 radical (unpaired) electrons. The van der Waals surface area contributed by atoms with E-state index in [0.29, 0.717) is 73.3 Å². The maximum absolute atomic E-state index is 15.2. The van der Waals surface area contributed by atoms with Crippen molar-refractivity contribution in [3.63, 3.8) is 0 Å². The van der Waals surface area contributed by atoms with E-state index in [4.69, 9.17) is 9.47 Å². The standard InChI is InChI=1S/C26H30F4O2/c1-2-4-18-13-20-14-19-8-7-17(23(29)25(19)32-26(20)24(30)22(18)28)9-11-21-10-6-16(15-31-21)5-3-12-27/h7-8,13,16,21H,2-6,9-12,14-15H2,1H3. The van der Waals surface area contributed by atoms with Gasteiger partial charge in [0.15, 0.2) is 23.1 Å². The molecule has 0 aromatic heterocycles. The van der Waals surface area contributed by atoms with Crippen LogP contribution in [-0.4, -0.2) is 19.4 Å². The highest BCUT2D eigenvalue weighted by atomic mass is 19.2. The lowest BCUT2D eigenvalue weighted by atomic mass is 9.91. The van der Waals surface area contributed by atoms with E-state index in [1.165, 1.54) is 0 Å². The summed E-state index contributed by atoms with van der Waals surface area (Å²) < 4.78 is 68.1. The lowest BCUT2D eigenvalue weighted by Crippen LogP contribution is -2.26. The second-order valence-electron chi connectivity index (χ2n) is 8.98. The molecule has 4 rings (SSSR count). The lowest BCUT2D eigenvalue weighted by Gasteiger charge is -2.29. The molecule has 6 heteroatoms. The number of rotatable bonds is 8. The molecule has 2 atom stereocenters. The summed E-state index contributed by atoms with van der Waals surface area (Å²) in [5.41, 5.74) is 1.99. The van der Waals surface area contributed by atoms with Crippen molar-refractivity contribution < 1.29 is 27.0 Å². The molecule has 2 unspecified atom stereocenters. The quantitative estimate of drug-likeness (QED) is 0.337. The van der Waals surface area contributed by atoms with Crippen molar-refractivity contribution in [2.45, 2.75) is 70.8 Å². The van der Waals surface area contributed by atoms with Gasteiger partial charge in [-0.05, 0) is 68.1 Å². The molecule has 1 saturated heterocycles. The van der Waals surface area contributed by atoms with E-state index >= 15 is 4.39 Å². The van der Waals surface area contributed by atoms with Gasteiger partial charge in [-0.15, -0.1) is 0 Å². The van der Waals surface area contributed by atoms with Crippen LogP contribution in [0.4, 0.5) is 17.6 Å². The van der Waals surface area contributed by atoms with Crippen LogP contribution in [0.5, 0.6) is 11.5 Å². The monoisotopic (exact) mass is 450 g/mol. The van der Waals surface area contributed by atoms with Crippen LogP contribution in [0.25, 0.3) is 0 Å². The van der Waals surface area contributed by atoms with Gasteiger partial charge in [-0.1, -0.05) is 25.5 Å². The largest absolute Gasteiger partial charge is 0.450 e. The zero-order valence-corrected chi connectivity index (χ0v) is 18.5. The zero-order valence-electron chi connectivity index (χ0n) is 18.5. The number of hydrogen-bond donors (Lipinski definition) is 0. The van der Waals surface area contributed by atoms with E-state index in [0.717, 1.165) is 19.3 Å². The molecule has 2 aliphatic heterocycles. The van der Waals surface area contributed by atoms with Crippen molar-refractivity contribution in [3.8, 4) is 11.5 Å². The number of benzene rings is 2. The average Bonchev–Trinajstić information content (AvgIpc) is 2.81. The van der Waals surface area contributed by atoms with Gasteiger partial charge in [0.05, 0.1) is 12.8 Å². The first-order chi connectivity index (χ1) is 15.5. The Morgan fingerprint density at radius 1 is 0.906 bits per heavy atom. The minimum atomic E-state index is -1.04. The fourth-order valence-corrected chi connectivity index (χ4v) is 4.80. The molecule has 2 heterocycles. The Morgan fingerprint density at radius 3 is 2.44 bits per heavy atom. The van der Waals surface area contributed by atoms with Crippen LogP contribution in [0, 0.1) is 23.4 Å². The molecule has 32 heavy (non-hydrogen) atoms. The molecule has 0 saturated carbocycles. The number of alkyl halides is 1. The summed E-state index contributed by atoms with van der Waals surface area (Å²) in [7, 11) is 0. The van der Waals surface area contributed by atoms with Crippen LogP contribution < -0.4 is 4.74 Å². The molecular weight excluding hydrogens is 420 g/mol. The van der Waals surface area contributed by atoms with Gasteiger partial charge in [-0.2, -0.15) is 4.39 Å². The molecule has 2 aromatic rings. The molecule has 1 fully saturated rings. The van der Waals surface area contributed by atoms with Crippen molar-refractivity contribution in [2.75, 3.05) is 13.3 Å². The maximum atomic E-state index is 15.2. The van der Waals surface area contributed by atoms with Crippen molar-refractivity contribution in [3.05, 3.63) is 57.9 Å². The van der Waals surface area contributed by atoms with Crippen LogP contribution in [-0.2, 0) is 24.0 Å². The molecule has 2 aliphatic rings. The Labute approximate surface area is 186 Å². The highest BCUT2D eigenvalue weighted by Gasteiger charge is 2.28. The fourth-order valence-electron chi connectivity index (χ4n) is 4.80. The predicted molar refractivity (Wildman–Crippen MR) is 116 cm³/mol. The molecular formula is C26H30F4O2. The van der Waals surface area contributed by atoms with E-state index < -0.39 is 17.5 Å². The third kappa shape index (κ3) is 4.80. The average molecular weight is 451 g/mol. The SMILES string of the molecule is CCCc1cc2c(c(F)c1F)Oc1c(ccc(CCC3CCC(CCCF)CO3)c1F)C2. The van der Waals surface area contributed by atoms with Crippen molar-refractivity contribution >= 4 is 0 Å². The summed E-state index contributed by atoms with van der Waals surface area (Å²) >= 11 is 0. The van der Waals surface area contributed by atoms with Gasteiger partial charge in [0.1, 0.15) is 0 Å². The van der Waals surface area contributed by atoms with E-state index in [1.807, 2.05) is 13.0 Å². The van der Waals surface area contributed by atoms with Crippen molar-refractivity contribution in [1.82, 2.24) is 0 Å². The minimum Gasteiger partial charge on any atom is -0.450 e. The first-order valence-corrected chi connectivity index (χ1v) is 11.7. The van der Waals surface area contributed by atoms with Gasteiger partial charge in [0.2, 0.25) is 5.82 Å². The molecule has 0 aliphatic carbocycles. The van der Waals surface area contributed by atoms with E-state index in [1.54, 1.807) is 12.1 Å². The van der Waals surface area contributed by atoms with Gasteiger partial charge in [0, 0.05) is 24.2 Å². The van der Waals surface area contributed by atoms with Crippen LogP contribution in [0.2, 0.25) is 0 Å². The van der Waals surface area contributed by atoms with E-state index in [9.17, 15) is 13.2 Å². The number of hydrogen-bond acceptors (Lipinski definition) is 2. The summed E-state index contributed by atoms with van der Waals surface area (Å²) in [5, 5.41) is 0. The van der Waals surface area contributed by atoms with Gasteiger partial charge in [0.25, 0.3) is 0 Å². The molecule has 2 aromatic carbocycles. The van der Waals surface area contributed by atoms with E-state index in [2.05, 4.69) is 0 Å². The van der Waals surface area contributed by atoms with E-state index in [-0.39, 0.29) is 24.3 Å². The van der Waals surface area contributed by atoms with Crippen LogP contribution >= 0.6 is 0 Å². The molecule has 0 N–H and O–H groups in total. The van der Waals surface area contributed by atoms with Crippen molar-refractivity contribution in [1.29, 1.82) is 0 Å². The highest BCUT2D eigenvalue weighted by Crippen LogP contribution is 2.42. The fraction of sp³-hybridized carbons (Fsp3) is 0.538. The highest BCUT2D eigenvalue weighted by molar-refractivity contribution is 5.53. The first kappa shape index (κ1) is 23.1. The minimum absolute atomic E-state index is 0.00705. The van der Waals surface area contributed by atoms with Gasteiger partial charge < -0.3 is 9.47 Å². The summed E-state index contributed by atoms with van der Waals surface area (Å²) in [6.07, 6.45) is 5.96. The Morgan fingerprint density at radius 2 is 1.72 bits per heavy atom. The topological polar surface area (TPSA) is 18.5 Å². The third-order valence-electron chi connectivity index (χ3n) is 6.62. The summed E-state index contributed by atoms with van der Waals surface area (Å²) in [4.78, 5) is 0.